The van der Waals surface area contributed by atoms with Crippen molar-refractivity contribution in [2.75, 3.05) is 19.6 Å². The van der Waals surface area contributed by atoms with Crippen LogP contribution in [0.3, 0.4) is 0 Å². The third-order valence-electron chi connectivity index (χ3n) is 4.63. The van der Waals surface area contributed by atoms with Crippen LogP contribution in [0.5, 0.6) is 0 Å². The summed E-state index contributed by atoms with van der Waals surface area (Å²) >= 11 is 0. The number of hydrogen-bond donors (Lipinski definition) is 1. The molecular formula is C18H18FN3O2S. The van der Waals surface area contributed by atoms with Crippen LogP contribution >= 0.6 is 0 Å². The molecule has 0 amide bonds. The molecule has 1 aliphatic rings. The van der Waals surface area contributed by atoms with Gasteiger partial charge >= 0.3 is 0 Å². The molecule has 2 aromatic carbocycles. The monoisotopic (exact) mass is 359 g/mol. The summed E-state index contributed by atoms with van der Waals surface area (Å²) < 4.78 is 40.7. The van der Waals surface area contributed by atoms with Gasteiger partial charge in [0, 0.05) is 19.0 Å². The van der Waals surface area contributed by atoms with Gasteiger partial charge in [-0.2, -0.15) is 9.57 Å². The second-order valence-electron chi connectivity index (χ2n) is 6.09. The first-order chi connectivity index (χ1) is 12.0. The number of nitriles is 1. The summed E-state index contributed by atoms with van der Waals surface area (Å²) in [4.78, 5) is -0.0741. The Bertz CT molecular complexity index is 910. The first-order valence-electron chi connectivity index (χ1n) is 7.92. The number of nitrogens with zero attached hydrogens (tertiary/aromatic N) is 2. The minimum Gasteiger partial charge on any atom is -0.330 e. The van der Waals surface area contributed by atoms with E-state index in [9.17, 15) is 12.8 Å². The van der Waals surface area contributed by atoms with E-state index in [-0.39, 0.29) is 22.3 Å². The first kappa shape index (κ1) is 17.5. The van der Waals surface area contributed by atoms with Crippen LogP contribution in [0.2, 0.25) is 0 Å². The lowest BCUT2D eigenvalue weighted by Gasteiger charge is -2.17. The van der Waals surface area contributed by atoms with E-state index in [4.69, 9.17) is 11.0 Å². The van der Waals surface area contributed by atoms with E-state index in [0.717, 1.165) is 17.7 Å². The van der Waals surface area contributed by atoms with Gasteiger partial charge in [-0.3, -0.25) is 0 Å². The van der Waals surface area contributed by atoms with Gasteiger partial charge in [-0.25, -0.2) is 12.8 Å². The second kappa shape index (κ2) is 6.92. The molecule has 0 saturated carbocycles. The number of nitrogens with two attached hydrogens (primary N) is 1. The fraction of sp³-hybridized carbons (Fsp3) is 0.278. The Kier molecular flexibility index (Phi) is 4.86. The summed E-state index contributed by atoms with van der Waals surface area (Å²) in [5.74, 6) is -0.713. The molecular weight excluding hydrogens is 341 g/mol. The van der Waals surface area contributed by atoms with Gasteiger partial charge in [-0.15, -0.1) is 0 Å². The van der Waals surface area contributed by atoms with Crippen molar-refractivity contribution in [1.82, 2.24) is 4.31 Å². The zero-order chi connectivity index (χ0) is 18.0. The van der Waals surface area contributed by atoms with Gasteiger partial charge in [0.1, 0.15) is 11.9 Å². The van der Waals surface area contributed by atoms with E-state index in [0.29, 0.717) is 19.6 Å². The number of rotatable bonds is 4. The summed E-state index contributed by atoms with van der Waals surface area (Å²) in [5, 5.41) is 8.93. The van der Waals surface area contributed by atoms with Gasteiger partial charge in [0.05, 0.1) is 10.5 Å². The molecule has 5 nitrogen and oxygen atoms in total. The Morgan fingerprint density at radius 3 is 2.56 bits per heavy atom. The molecule has 1 fully saturated rings. The highest BCUT2D eigenvalue weighted by Crippen LogP contribution is 2.35. The molecule has 130 valence electrons. The lowest BCUT2D eigenvalue weighted by atomic mass is 9.89. The summed E-state index contributed by atoms with van der Waals surface area (Å²) in [6, 6.07) is 14.6. The van der Waals surface area contributed by atoms with Crippen LogP contribution < -0.4 is 5.73 Å². The first-order valence-corrected chi connectivity index (χ1v) is 9.36. The van der Waals surface area contributed by atoms with Crippen LogP contribution in [-0.2, 0) is 10.0 Å². The van der Waals surface area contributed by atoms with Crippen molar-refractivity contribution in [1.29, 1.82) is 5.26 Å². The Labute approximate surface area is 146 Å². The number of halogens is 1. The standard InChI is InChI=1S/C18H18FN3O2S/c19-18-7-6-16(8-14(18)9-20)25(23,24)22-11-15(10-21)17(12-22)13-4-2-1-3-5-13/h1-8,15,17H,10-12,21H2/t15-,17+/m1/s1. The molecule has 0 radical (unpaired) electrons. The van der Waals surface area contributed by atoms with Gasteiger partial charge in [0.15, 0.2) is 0 Å². The summed E-state index contributed by atoms with van der Waals surface area (Å²) in [6.45, 7) is 0.990. The summed E-state index contributed by atoms with van der Waals surface area (Å²) in [7, 11) is -3.81. The Balaban J connectivity index is 1.93. The highest BCUT2D eigenvalue weighted by Gasteiger charge is 2.39. The zero-order valence-electron chi connectivity index (χ0n) is 13.5. The van der Waals surface area contributed by atoms with Gasteiger partial charge in [-0.1, -0.05) is 30.3 Å². The van der Waals surface area contributed by atoms with Crippen molar-refractivity contribution in [3.05, 3.63) is 65.5 Å². The highest BCUT2D eigenvalue weighted by atomic mass is 32.2. The van der Waals surface area contributed by atoms with Crippen LogP contribution in [0.1, 0.15) is 17.0 Å². The number of sulfonamides is 1. The van der Waals surface area contributed by atoms with Crippen molar-refractivity contribution in [2.24, 2.45) is 11.7 Å². The maximum Gasteiger partial charge on any atom is 0.243 e. The Hall–Kier alpha value is -2.27. The molecule has 25 heavy (non-hydrogen) atoms. The second-order valence-corrected chi connectivity index (χ2v) is 8.03. The Morgan fingerprint density at radius 1 is 1.20 bits per heavy atom. The van der Waals surface area contributed by atoms with E-state index in [2.05, 4.69) is 0 Å². The van der Waals surface area contributed by atoms with Crippen LogP contribution in [0.4, 0.5) is 4.39 Å². The maximum absolute atomic E-state index is 13.5. The maximum atomic E-state index is 13.5. The van der Waals surface area contributed by atoms with Gasteiger partial charge in [0.2, 0.25) is 10.0 Å². The van der Waals surface area contributed by atoms with E-state index < -0.39 is 15.8 Å². The van der Waals surface area contributed by atoms with Crippen LogP contribution in [0, 0.1) is 23.1 Å². The summed E-state index contributed by atoms with van der Waals surface area (Å²) in [5.41, 5.74) is 6.62. The molecule has 0 aliphatic carbocycles. The fourth-order valence-corrected chi connectivity index (χ4v) is 4.79. The predicted molar refractivity (Wildman–Crippen MR) is 91.6 cm³/mol. The number of benzene rings is 2. The van der Waals surface area contributed by atoms with Gasteiger partial charge < -0.3 is 5.73 Å². The van der Waals surface area contributed by atoms with E-state index in [1.165, 1.54) is 10.4 Å². The molecule has 7 heteroatoms. The molecule has 2 aromatic rings. The van der Waals surface area contributed by atoms with E-state index in [1.54, 1.807) is 6.07 Å². The molecule has 0 bridgehead atoms. The average molecular weight is 359 g/mol. The van der Waals surface area contributed by atoms with E-state index >= 15 is 0 Å². The smallest absolute Gasteiger partial charge is 0.243 e. The normalized spacial score (nSPS) is 21.2. The third kappa shape index (κ3) is 3.29. The number of hydrogen-bond acceptors (Lipinski definition) is 4. The fourth-order valence-electron chi connectivity index (χ4n) is 3.24. The largest absolute Gasteiger partial charge is 0.330 e. The minimum absolute atomic E-state index is 0.00746. The van der Waals surface area contributed by atoms with Crippen LogP contribution in [0.15, 0.2) is 53.4 Å². The topological polar surface area (TPSA) is 87.2 Å². The molecule has 0 aromatic heterocycles. The predicted octanol–water partition coefficient (Wildman–Crippen LogP) is 2.06. The molecule has 1 heterocycles. The molecule has 3 rings (SSSR count). The molecule has 0 spiro atoms. The van der Waals surface area contributed by atoms with Crippen LogP contribution in [-0.4, -0.2) is 32.4 Å². The van der Waals surface area contributed by atoms with Crippen molar-refractivity contribution in [2.45, 2.75) is 10.8 Å². The van der Waals surface area contributed by atoms with Crippen molar-refractivity contribution in [3.8, 4) is 6.07 Å². The van der Waals surface area contributed by atoms with Crippen molar-refractivity contribution < 1.29 is 12.8 Å². The minimum atomic E-state index is -3.81. The lowest BCUT2D eigenvalue weighted by molar-refractivity contribution is 0.458. The van der Waals surface area contributed by atoms with Gasteiger partial charge in [0.25, 0.3) is 0 Å². The van der Waals surface area contributed by atoms with E-state index in [1.807, 2.05) is 30.3 Å². The molecule has 2 atom stereocenters. The van der Waals surface area contributed by atoms with Crippen molar-refractivity contribution >= 4 is 10.0 Å². The third-order valence-corrected chi connectivity index (χ3v) is 6.46. The quantitative estimate of drug-likeness (QED) is 0.905. The lowest BCUT2D eigenvalue weighted by Crippen LogP contribution is -2.30. The molecule has 0 unspecified atom stereocenters. The molecule has 1 aliphatic heterocycles. The van der Waals surface area contributed by atoms with Crippen molar-refractivity contribution in [3.63, 3.8) is 0 Å². The Morgan fingerprint density at radius 2 is 1.92 bits per heavy atom. The SMILES string of the molecule is N#Cc1cc(S(=O)(=O)N2C[C@@H](CN)[C@H](c3ccccc3)C2)ccc1F. The summed E-state index contributed by atoms with van der Waals surface area (Å²) in [6.07, 6.45) is 0. The van der Waals surface area contributed by atoms with Crippen LogP contribution in [0.25, 0.3) is 0 Å². The zero-order valence-corrected chi connectivity index (χ0v) is 14.3. The highest BCUT2D eigenvalue weighted by molar-refractivity contribution is 7.89. The average Bonchev–Trinajstić information content (AvgIpc) is 3.08. The molecule has 1 saturated heterocycles. The van der Waals surface area contributed by atoms with Gasteiger partial charge in [-0.05, 0) is 36.2 Å². The molecule has 2 N–H and O–H groups in total.